The molecule has 4 N–H and O–H groups in total. The number of carboxylic acid groups (broad SMARTS) is 1. The molecule has 0 radical (unpaired) electrons. The lowest BCUT2D eigenvalue weighted by Crippen LogP contribution is -2.36. The highest BCUT2D eigenvalue weighted by atomic mass is 16.5. The van der Waals surface area contributed by atoms with E-state index in [1.54, 1.807) is 12.1 Å². The number of benzene rings is 1. The Bertz CT molecular complexity index is 425. The number of rotatable bonds is 7. The highest BCUT2D eigenvalue weighted by Crippen LogP contribution is 2.39. The lowest BCUT2D eigenvalue weighted by atomic mass is 10.2. The number of nitrogens with one attached hydrogen (secondary N) is 1. The molecule has 1 aromatic rings. The van der Waals surface area contributed by atoms with Gasteiger partial charge in [-0.05, 0) is 0 Å². The first-order valence-electron chi connectivity index (χ1n) is 5.55. The van der Waals surface area contributed by atoms with Gasteiger partial charge < -0.3 is 30.4 Å². The third-order valence-electron chi connectivity index (χ3n) is 2.51. The van der Waals surface area contributed by atoms with Gasteiger partial charge in [-0.25, -0.2) is 0 Å². The number of hydrogen-bond donors (Lipinski definition) is 3. The van der Waals surface area contributed by atoms with E-state index >= 15 is 0 Å². The van der Waals surface area contributed by atoms with Crippen molar-refractivity contribution >= 4 is 11.7 Å². The molecule has 0 aromatic heterocycles. The maximum Gasteiger partial charge on any atom is 0.322 e. The number of carboxylic acids is 1. The lowest BCUT2D eigenvalue weighted by Gasteiger charge is -2.15. The SMILES string of the molecule is COc1cc(NCC(N)C(=O)O)cc(OC)c1OC. The standard InChI is InChI=1S/C12H18N2O5/c1-17-9-4-7(14-6-8(13)12(15)16)5-10(18-2)11(9)19-3/h4-5,8,14H,6,13H2,1-3H3,(H,15,16). The summed E-state index contributed by atoms with van der Waals surface area (Å²) in [5.41, 5.74) is 6.04. The fourth-order valence-corrected chi connectivity index (χ4v) is 1.50. The predicted molar refractivity (Wildman–Crippen MR) is 70.2 cm³/mol. The van der Waals surface area contributed by atoms with Crippen LogP contribution in [0.5, 0.6) is 17.2 Å². The third kappa shape index (κ3) is 3.65. The van der Waals surface area contributed by atoms with Crippen LogP contribution < -0.4 is 25.3 Å². The fourth-order valence-electron chi connectivity index (χ4n) is 1.50. The van der Waals surface area contributed by atoms with E-state index in [1.165, 1.54) is 21.3 Å². The smallest absolute Gasteiger partial charge is 0.322 e. The summed E-state index contributed by atoms with van der Waals surface area (Å²) in [4.78, 5) is 10.6. The topological polar surface area (TPSA) is 103 Å². The average molecular weight is 270 g/mol. The molecular weight excluding hydrogens is 252 g/mol. The van der Waals surface area contributed by atoms with Gasteiger partial charge in [-0.2, -0.15) is 0 Å². The molecule has 0 aliphatic rings. The first-order valence-corrected chi connectivity index (χ1v) is 5.55. The Morgan fingerprint density at radius 2 is 1.79 bits per heavy atom. The summed E-state index contributed by atoms with van der Waals surface area (Å²) in [6.45, 7) is 0.0912. The fraction of sp³-hybridized carbons (Fsp3) is 0.417. The van der Waals surface area contributed by atoms with Crippen molar-refractivity contribution in [3.05, 3.63) is 12.1 Å². The Balaban J connectivity index is 2.93. The van der Waals surface area contributed by atoms with Crippen LogP contribution in [0.25, 0.3) is 0 Å². The number of anilines is 1. The van der Waals surface area contributed by atoms with Gasteiger partial charge in [0.05, 0.1) is 21.3 Å². The van der Waals surface area contributed by atoms with Gasteiger partial charge in [0.2, 0.25) is 5.75 Å². The molecule has 0 bridgehead atoms. The van der Waals surface area contributed by atoms with Crippen molar-refractivity contribution in [1.82, 2.24) is 0 Å². The first-order chi connectivity index (χ1) is 9.03. The zero-order valence-corrected chi connectivity index (χ0v) is 11.1. The molecule has 0 aliphatic heterocycles. The summed E-state index contributed by atoms with van der Waals surface area (Å²) in [5.74, 6) is 0.361. The molecule has 0 spiro atoms. The number of nitrogens with two attached hydrogens (primary N) is 1. The second-order valence-corrected chi connectivity index (χ2v) is 3.74. The van der Waals surface area contributed by atoms with Crippen molar-refractivity contribution < 1.29 is 24.1 Å². The molecule has 0 fully saturated rings. The quantitative estimate of drug-likeness (QED) is 0.664. The molecular formula is C12H18N2O5. The number of aliphatic carboxylic acids is 1. The van der Waals surface area contributed by atoms with Crippen LogP contribution in [0.4, 0.5) is 5.69 Å². The van der Waals surface area contributed by atoms with Crippen molar-refractivity contribution in [3.8, 4) is 17.2 Å². The Kier molecular flexibility index (Phi) is 5.25. The van der Waals surface area contributed by atoms with E-state index < -0.39 is 12.0 Å². The molecule has 0 heterocycles. The second-order valence-electron chi connectivity index (χ2n) is 3.74. The monoisotopic (exact) mass is 270 g/mol. The van der Waals surface area contributed by atoms with E-state index in [4.69, 9.17) is 25.1 Å². The van der Waals surface area contributed by atoms with Gasteiger partial charge in [0.1, 0.15) is 6.04 Å². The molecule has 7 nitrogen and oxygen atoms in total. The summed E-state index contributed by atoms with van der Waals surface area (Å²) in [6.07, 6.45) is 0. The van der Waals surface area contributed by atoms with E-state index in [9.17, 15) is 4.79 Å². The third-order valence-corrected chi connectivity index (χ3v) is 2.51. The van der Waals surface area contributed by atoms with Crippen LogP contribution in [-0.4, -0.2) is 45.0 Å². The highest BCUT2D eigenvalue weighted by molar-refractivity contribution is 5.74. The van der Waals surface area contributed by atoms with Gasteiger partial charge in [0.15, 0.2) is 11.5 Å². The maximum absolute atomic E-state index is 10.6. The van der Waals surface area contributed by atoms with Crippen LogP contribution >= 0.6 is 0 Å². The van der Waals surface area contributed by atoms with Crippen molar-refractivity contribution in [2.24, 2.45) is 5.73 Å². The van der Waals surface area contributed by atoms with Crippen LogP contribution in [0.1, 0.15) is 0 Å². The minimum absolute atomic E-state index is 0.0912. The normalized spacial score (nSPS) is 11.6. The van der Waals surface area contributed by atoms with E-state index in [0.717, 1.165) is 0 Å². The van der Waals surface area contributed by atoms with Crippen LogP contribution in [0.15, 0.2) is 12.1 Å². The number of hydrogen-bond acceptors (Lipinski definition) is 6. The molecule has 1 atom stereocenters. The van der Waals surface area contributed by atoms with Gasteiger partial charge in [-0.1, -0.05) is 0 Å². The minimum atomic E-state index is -1.07. The number of carbonyl (C=O) groups is 1. The predicted octanol–water partition coefficient (Wildman–Crippen LogP) is 0.536. The van der Waals surface area contributed by atoms with E-state index in [2.05, 4.69) is 5.32 Å². The molecule has 0 aliphatic carbocycles. The molecule has 19 heavy (non-hydrogen) atoms. The van der Waals surface area contributed by atoms with E-state index in [1.807, 2.05) is 0 Å². The van der Waals surface area contributed by atoms with Crippen molar-refractivity contribution in [2.45, 2.75) is 6.04 Å². The molecule has 0 amide bonds. The second kappa shape index (κ2) is 6.69. The van der Waals surface area contributed by atoms with Crippen LogP contribution in [0.3, 0.4) is 0 Å². The van der Waals surface area contributed by atoms with Crippen LogP contribution in [0, 0.1) is 0 Å². The van der Waals surface area contributed by atoms with Gasteiger partial charge in [0, 0.05) is 24.4 Å². The van der Waals surface area contributed by atoms with Crippen molar-refractivity contribution in [1.29, 1.82) is 0 Å². The Morgan fingerprint density at radius 1 is 1.26 bits per heavy atom. The highest BCUT2D eigenvalue weighted by Gasteiger charge is 2.15. The van der Waals surface area contributed by atoms with Crippen molar-refractivity contribution in [3.63, 3.8) is 0 Å². The summed E-state index contributed by atoms with van der Waals surface area (Å²) >= 11 is 0. The van der Waals surface area contributed by atoms with E-state index in [0.29, 0.717) is 22.9 Å². The lowest BCUT2D eigenvalue weighted by molar-refractivity contribution is -0.138. The molecule has 1 aromatic carbocycles. The van der Waals surface area contributed by atoms with Gasteiger partial charge in [0.25, 0.3) is 0 Å². The van der Waals surface area contributed by atoms with Crippen LogP contribution in [-0.2, 0) is 4.79 Å². The van der Waals surface area contributed by atoms with E-state index in [-0.39, 0.29) is 6.54 Å². The maximum atomic E-state index is 10.6. The molecule has 106 valence electrons. The Morgan fingerprint density at radius 3 is 2.16 bits per heavy atom. The summed E-state index contributed by atoms with van der Waals surface area (Å²) in [6, 6.07) is 2.37. The number of ether oxygens (including phenoxy) is 3. The Hall–Kier alpha value is -2.15. The molecule has 7 heteroatoms. The zero-order chi connectivity index (χ0) is 14.4. The van der Waals surface area contributed by atoms with Gasteiger partial charge in [-0.15, -0.1) is 0 Å². The van der Waals surface area contributed by atoms with Gasteiger partial charge >= 0.3 is 5.97 Å². The van der Waals surface area contributed by atoms with Gasteiger partial charge in [-0.3, -0.25) is 4.79 Å². The minimum Gasteiger partial charge on any atom is -0.493 e. The van der Waals surface area contributed by atoms with Crippen molar-refractivity contribution in [2.75, 3.05) is 33.2 Å². The molecule has 0 saturated carbocycles. The van der Waals surface area contributed by atoms with Crippen LogP contribution in [0.2, 0.25) is 0 Å². The zero-order valence-electron chi connectivity index (χ0n) is 11.1. The summed E-state index contributed by atoms with van der Waals surface area (Å²) < 4.78 is 15.5. The Labute approximate surface area is 111 Å². The first kappa shape index (κ1) is 14.9. The molecule has 0 saturated heterocycles. The average Bonchev–Trinajstić information content (AvgIpc) is 2.42. The largest absolute Gasteiger partial charge is 0.493 e. The number of methoxy groups -OCH3 is 3. The summed E-state index contributed by atoms with van der Waals surface area (Å²) in [5, 5.41) is 11.6. The summed E-state index contributed by atoms with van der Waals surface area (Å²) in [7, 11) is 4.52. The molecule has 1 rings (SSSR count). The molecule has 1 unspecified atom stereocenters.